The molecule has 0 aromatic heterocycles. The van der Waals surface area contributed by atoms with Gasteiger partial charge in [0.2, 0.25) is 10.0 Å². The number of piperidine rings is 1. The first-order valence-electron chi connectivity index (χ1n) is 9.89. The van der Waals surface area contributed by atoms with Crippen molar-refractivity contribution >= 4 is 16.0 Å². The molecule has 7 heteroatoms. The van der Waals surface area contributed by atoms with E-state index < -0.39 is 10.0 Å². The molecule has 1 saturated heterocycles. The number of hydrogen-bond donors (Lipinski definition) is 2. The summed E-state index contributed by atoms with van der Waals surface area (Å²) in [6.07, 6.45) is 9.29. The average molecular weight is 391 g/mol. The first-order valence-corrected chi connectivity index (χ1v) is 11.3. The third-order valence-electron chi connectivity index (χ3n) is 5.01. The summed E-state index contributed by atoms with van der Waals surface area (Å²) in [5, 5.41) is 6.68. The van der Waals surface area contributed by atoms with E-state index in [0.29, 0.717) is 30.6 Å². The summed E-state index contributed by atoms with van der Waals surface area (Å²) >= 11 is 0. The minimum atomic E-state index is -3.46. The molecule has 3 rings (SSSR count). The first-order chi connectivity index (χ1) is 13.1. The zero-order valence-corrected chi connectivity index (χ0v) is 16.8. The zero-order valence-electron chi connectivity index (χ0n) is 16.0. The highest BCUT2D eigenvalue weighted by atomic mass is 32.2. The number of guanidine groups is 1. The number of rotatable bonds is 6. The predicted octanol–water partition coefficient (Wildman–Crippen LogP) is 2.63. The van der Waals surface area contributed by atoms with E-state index in [0.717, 1.165) is 50.2 Å². The zero-order chi connectivity index (χ0) is 19.1. The van der Waals surface area contributed by atoms with Gasteiger partial charge >= 0.3 is 0 Å². The molecule has 0 radical (unpaired) electrons. The number of nitrogens with one attached hydrogen (secondary N) is 2. The predicted molar refractivity (Wildman–Crippen MR) is 109 cm³/mol. The third kappa shape index (κ3) is 5.11. The monoisotopic (exact) mass is 390 g/mol. The summed E-state index contributed by atoms with van der Waals surface area (Å²) in [5.74, 6) is 0.733. The lowest BCUT2D eigenvalue weighted by Crippen LogP contribution is -2.42. The van der Waals surface area contributed by atoms with Crippen LogP contribution in [0.15, 0.2) is 46.3 Å². The van der Waals surface area contributed by atoms with Crippen LogP contribution in [0.1, 0.15) is 44.6 Å². The molecule has 1 aliphatic carbocycles. The molecule has 0 unspecified atom stereocenters. The van der Waals surface area contributed by atoms with E-state index >= 15 is 0 Å². The van der Waals surface area contributed by atoms with Gasteiger partial charge in [0.1, 0.15) is 0 Å². The van der Waals surface area contributed by atoms with Gasteiger partial charge in [0.05, 0.1) is 11.4 Å². The Labute approximate surface area is 162 Å². The van der Waals surface area contributed by atoms with Gasteiger partial charge in [-0.05, 0) is 44.2 Å². The number of benzene rings is 1. The van der Waals surface area contributed by atoms with Crippen molar-refractivity contribution in [2.75, 3.05) is 19.6 Å². The van der Waals surface area contributed by atoms with Crippen molar-refractivity contribution in [2.24, 2.45) is 4.99 Å². The molecule has 0 atom stereocenters. The van der Waals surface area contributed by atoms with Crippen molar-refractivity contribution in [3.05, 3.63) is 42.0 Å². The van der Waals surface area contributed by atoms with Crippen molar-refractivity contribution < 1.29 is 8.42 Å². The van der Waals surface area contributed by atoms with Gasteiger partial charge in [-0.25, -0.2) is 13.4 Å². The van der Waals surface area contributed by atoms with E-state index in [-0.39, 0.29) is 0 Å². The Morgan fingerprint density at radius 3 is 2.56 bits per heavy atom. The van der Waals surface area contributed by atoms with Gasteiger partial charge < -0.3 is 10.6 Å². The molecule has 148 valence electrons. The van der Waals surface area contributed by atoms with Crippen LogP contribution in [0.25, 0.3) is 0 Å². The fourth-order valence-electron chi connectivity index (χ4n) is 3.54. The minimum absolute atomic E-state index is 0.332. The van der Waals surface area contributed by atoms with Gasteiger partial charge in [0.25, 0.3) is 0 Å². The van der Waals surface area contributed by atoms with E-state index in [9.17, 15) is 8.42 Å². The molecule has 2 N–H and O–H groups in total. The SMILES string of the molecule is CCNC(=NCc1ccccc1S(=O)(=O)N1CCCCC1)NC1CC=CC1. The average Bonchev–Trinajstić information content (AvgIpc) is 3.20. The second kappa shape index (κ2) is 9.37. The highest BCUT2D eigenvalue weighted by Crippen LogP contribution is 2.24. The Balaban J connectivity index is 1.77. The summed E-state index contributed by atoms with van der Waals surface area (Å²) < 4.78 is 27.8. The van der Waals surface area contributed by atoms with Crippen molar-refractivity contribution in [3.8, 4) is 0 Å². The molecule has 1 aromatic carbocycles. The lowest BCUT2D eigenvalue weighted by atomic mass is 10.2. The molecule has 0 spiro atoms. The highest BCUT2D eigenvalue weighted by molar-refractivity contribution is 7.89. The van der Waals surface area contributed by atoms with Crippen LogP contribution in [0.3, 0.4) is 0 Å². The van der Waals surface area contributed by atoms with Crippen LogP contribution >= 0.6 is 0 Å². The van der Waals surface area contributed by atoms with Gasteiger partial charge in [0.15, 0.2) is 5.96 Å². The molecule has 0 amide bonds. The molecule has 1 aromatic rings. The quantitative estimate of drug-likeness (QED) is 0.445. The van der Waals surface area contributed by atoms with E-state index in [4.69, 9.17) is 0 Å². The summed E-state index contributed by atoms with van der Waals surface area (Å²) in [6.45, 7) is 4.34. The summed E-state index contributed by atoms with van der Waals surface area (Å²) in [5.41, 5.74) is 0.741. The summed E-state index contributed by atoms with van der Waals surface area (Å²) in [4.78, 5) is 5.03. The summed E-state index contributed by atoms with van der Waals surface area (Å²) in [7, 11) is -3.46. The Hall–Kier alpha value is -1.86. The molecule has 1 heterocycles. The van der Waals surface area contributed by atoms with Crippen molar-refractivity contribution in [1.82, 2.24) is 14.9 Å². The molecule has 27 heavy (non-hydrogen) atoms. The van der Waals surface area contributed by atoms with Gasteiger partial charge in [-0.1, -0.05) is 36.8 Å². The van der Waals surface area contributed by atoms with Gasteiger partial charge in [-0.15, -0.1) is 0 Å². The molecule has 0 saturated carbocycles. The van der Waals surface area contributed by atoms with Crippen LogP contribution in [0.2, 0.25) is 0 Å². The Kier molecular flexibility index (Phi) is 6.90. The smallest absolute Gasteiger partial charge is 0.243 e. The normalized spacial score (nSPS) is 19.4. The lowest BCUT2D eigenvalue weighted by molar-refractivity contribution is 0.346. The van der Waals surface area contributed by atoms with E-state index in [2.05, 4.69) is 27.8 Å². The Morgan fingerprint density at radius 2 is 1.85 bits per heavy atom. The number of aliphatic imine (C=N–C) groups is 1. The van der Waals surface area contributed by atoms with Crippen LogP contribution in [0, 0.1) is 0 Å². The topological polar surface area (TPSA) is 73.8 Å². The maximum atomic E-state index is 13.1. The maximum Gasteiger partial charge on any atom is 0.243 e. The van der Waals surface area contributed by atoms with Crippen LogP contribution in [0.5, 0.6) is 0 Å². The maximum absolute atomic E-state index is 13.1. The fraction of sp³-hybridized carbons (Fsp3) is 0.550. The van der Waals surface area contributed by atoms with Gasteiger partial charge in [-0.2, -0.15) is 4.31 Å². The second-order valence-corrected chi connectivity index (χ2v) is 8.96. The van der Waals surface area contributed by atoms with Gasteiger partial charge in [-0.3, -0.25) is 0 Å². The Bertz CT molecular complexity index is 775. The van der Waals surface area contributed by atoms with E-state index in [1.54, 1.807) is 16.4 Å². The van der Waals surface area contributed by atoms with Crippen molar-refractivity contribution in [1.29, 1.82) is 0 Å². The minimum Gasteiger partial charge on any atom is -0.357 e. The van der Waals surface area contributed by atoms with Crippen molar-refractivity contribution in [2.45, 2.75) is 56.5 Å². The lowest BCUT2D eigenvalue weighted by Gasteiger charge is -2.26. The largest absolute Gasteiger partial charge is 0.357 e. The third-order valence-corrected chi connectivity index (χ3v) is 7.00. The number of hydrogen-bond acceptors (Lipinski definition) is 3. The van der Waals surface area contributed by atoms with Crippen LogP contribution < -0.4 is 10.6 Å². The highest BCUT2D eigenvalue weighted by Gasteiger charge is 2.27. The van der Waals surface area contributed by atoms with Gasteiger partial charge in [0, 0.05) is 25.7 Å². The van der Waals surface area contributed by atoms with E-state index in [1.165, 1.54) is 0 Å². The van der Waals surface area contributed by atoms with Crippen LogP contribution in [-0.4, -0.2) is 44.4 Å². The standard InChI is InChI=1S/C20H30N4O2S/c1-2-21-20(23-18-11-5-6-12-18)22-16-17-10-4-7-13-19(17)27(25,26)24-14-8-3-9-15-24/h4-7,10,13,18H,2-3,8-9,11-12,14-16H2,1H3,(H2,21,22,23). The fourth-order valence-corrected chi connectivity index (χ4v) is 5.27. The Morgan fingerprint density at radius 1 is 1.15 bits per heavy atom. The molecule has 6 nitrogen and oxygen atoms in total. The van der Waals surface area contributed by atoms with Crippen molar-refractivity contribution in [3.63, 3.8) is 0 Å². The molecule has 1 fully saturated rings. The second-order valence-electron chi connectivity index (χ2n) is 7.05. The molecular weight excluding hydrogens is 360 g/mol. The number of sulfonamides is 1. The molecule has 2 aliphatic rings. The van der Waals surface area contributed by atoms with Crippen LogP contribution in [0.4, 0.5) is 0 Å². The molecule has 0 bridgehead atoms. The van der Waals surface area contributed by atoms with E-state index in [1.807, 2.05) is 19.1 Å². The molecular formula is C20H30N4O2S. The number of nitrogens with zero attached hydrogens (tertiary/aromatic N) is 2. The first kappa shape index (κ1) is 19.9. The molecule has 1 aliphatic heterocycles. The summed E-state index contributed by atoms with van der Waals surface area (Å²) in [6, 6.07) is 7.59. The van der Waals surface area contributed by atoms with Crippen LogP contribution in [-0.2, 0) is 16.6 Å².